The first-order valence-electron chi connectivity index (χ1n) is 8.04. The van der Waals surface area contributed by atoms with Crippen LogP contribution in [0, 0.1) is 0 Å². The van der Waals surface area contributed by atoms with Gasteiger partial charge in [0.1, 0.15) is 11.9 Å². The molecule has 3 rings (SSSR count). The molecule has 0 saturated carbocycles. The van der Waals surface area contributed by atoms with Gasteiger partial charge in [0.05, 0.1) is 4.90 Å². The van der Waals surface area contributed by atoms with E-state index in [0.717, 1.165) is 6.26 Å². The second-order valence-corrected chi connectivity index (χ2v) is 8.14. The Kier molecular flexibility index (Phi) is 4.85. The third-order valence-corrected chi connectivity index (χ3v) is 5.51. The third kappa shape index (κ3) is 3.62. The minimum absolute atomic E-state index is 0.192. The fourth-order valence-electron chi connectivity index (χ4n) is 3.02. The minimum atomic E-state index is -3.41. The molecule has 1 atom stereocenters. The number of amides is 2. The Balaban J connectivity index is 1.88. The number of carboxylic acid groups (broad SMARTS) is 1. The van der Waals surface area contributed by atoms with Gasteiger partial charge < -0.3 is 5.11 Å². The summed E-state index contributed by atoms with van der Waals surface area (Å²) in [5, 5.41) is 9.44. The van der Waals surface area contributed by atoms with Gasteiger partial charge in [-0.05, 0) is 24.6 Å². The molecular formula is C17H18N4O5S. The van der Waals surface area contributed by atoms with Gasteiger partial charge in [0.2, 0.25) is 0 Å². The SMILES string of the molecule is CS(=O)(=O)c1ccccc1-c1ccc(N2CCC(N(N)C(=O)O)C2=O)nc1. The van der Waals surface area contributed by atoms with E-state index in [-0.39, 0.29) is 17.9 Å². The molecule has 0 bridgehead atoms. The first-order valence-corrected chi connectivity index (χ1v) is 9.93. The van der Waals surface area contributed by atoms with Gasteiger partial charge in [0.25, 0.3) is 5.91 Å². The summed E-state index contributed by atoms with van der Waals surface area (Å²) in [7, 11) is -3.41. The van der Waals surface area contributed by atoms with Crippen molar-refractivity contribution in [1.29, 1.82) is 0 Å². The summed E-state index contributed by atoms with van der Waals surface area (Å²) in [6, 6.07) is 8.90. The molecule has 2 heterocycles. The summed E-state index contributed by atoms with van der Waals surface area (Å²) in [5.41, 5.74) is 1.11. The molecule has 0 aliphatic carbocycles. The molecule has 1 aliphatic rings. The normalized spacial score (nSPS) is 17.2. The van der Waals surface area contributed by atoms with Crippen molar-refractivity contribution in [2.24, 2.45) is 5.84 Å². The number of sulfone groups is 1. The number of rotatable bonds is 4. The lowest BCUT2D eigenvalue weighted by molar-refractivity contribution is -0.121. The standard InChI is InChI=1S/C17H18N4O5S/c1-27(25,26)14-5-3-2-4-12(14)11-6-7-15(19-10-11)20-9-8-13(16(20)22)21(18)17(23)24/h2-7,10,13H,8-9,18H2,1H3,(H,23,24). The second-order valence-electron chi connectivity index (χ2n) is 6.16. The number of nitrogens with zero attached hydrogens (tertiary/aromatic N) is 3. The van der Waals surface area contributed by atoms with E-state index in [1.165, 1.54) is 17.2 Å². The van der Waals surface area contributed by atoms with Crippen molar-refractivity contribution >= 4 is 27.7 Å². The lowest BCUT2D eigenvalue weighted by Crippen LogP contribution is -2.49. The van der Waals surface area contributed by atoms with Crippen LogP contribution in [0.1, 0.15) is 6.42 Å². The number of carbonyl (C=O) groups is 2. The first kappa shape index (κ1) is 18.8. The summed E-state index contributed by atoms with van der Waals surface area (Å²) in [6.07, 6.45) is 1.51. The van der Waals surface area contributed by atoms with Gasteiger partial charge in [-0.25, -0.2) is 29.0 Å². The molecular weight excluding hydrogens is 372 g/mol. The molecule has 0 spiro atoms. The zero-order valence-electron chi connectivity index (χ0n) is 14.4. The first-order chi connectivity index (χ1) is 12.7. The highest BCUT2D eigenvalue weighted by Gasteiger charge is 2.38. The quantitative estimate of drug-likeness (QED) is 0.454. The Morgan fingerprint density at radius 2 is 2.00 bits per heavy atom. The van der Waals surface area contributed by atoms with E-state index < -0.39 is 27.9 Å². The van der Waals surface area contributed by atoms with Crippen LogP contribution < -0.4 is 10.7 Å². The predicted molar refractivity (Wildman–Crippen MR) is 97.6 cm³/mol. The zero-order chi connectivity index (χ0) is 19.8. The van der Waals surface area contributed by atoms with Crippen LogP contribution >= 0.6 is 0 Å². The maximum absolute atomic E-state index is 12.4. The van der Waals surface area contributed by atoms with Crippen LogP contribution in [-0.4, -0.2) is 54.4 Å². The molecule has 1 saturated heterocycles. The molecule has 3 N–H and O–H groups in total. The van der Waals surface area contributed by atoms with Crippen LogP contribution in [0.25, 0.3) is 11.1 Å². The average Bonchev–Trinajstić information content (AvgIpc) is 3.02. The number of hydrogen-bond donors (Lipinski definition) is 2. The van der Waals surface area contributed by atoms with Gasteiger partial charge in [-0.3, -0.25) is 9.69 Å². The van der Waals surface area contributed by atoms with E-state index in [0.29, 0.717) is 22.0 Å². The Morgan fingerprint density at radius 3 is 2.59 bits per heavy atom. The van der Waals surface area contributed by atoms with Crippen LogP contribution in [-0.2, 0) is 14.6 Å². The highest BCUT2D eigenvalue weighted by atomic mass is 32.2. The maximum atomic E-state index is 12.4. The van der Waals surface area contributed by atoms with Gasteiger partial charge in [-0.1, -0.05) is 18.2 Å². The summed E-state index contributed by atoms with van der Waals surface area (Å²) in [5.74, 6) is 5.32. The molecule has 10 heteroatoms. The van der Waals surface area contributed by atoms with Crippen LogP contribution in [0.15, 0.2) is 47.5 Å². The molecule has 1 aromatic heterocycles. The van der Waals surface area contributed by atoms with E-state index in [1.807, 2.05) is 0 Å². The van der Waals surface area contributed by atoms with Gasteiger partial charge in [0, 0.05) is 30.1 Å². The monoisotopic (exact) mass is 390 g/mol. The van der Waals surface area contributed by atoms with Gasteiger partial charge in [-0.15, -0.1) is 0 Å². The highest BCUT2D eigenvalue weighted by molar-refractivity contribution is 7.90. The van der Waals surface area contributed by atoms with E-state index in [9.17, 15) is 18.0 Å². The Morgan fingerprint density at radius 1 is 1.30 bits per heavy atom. The molecule has 1 aliphatic heterocycles. The lowest BCUT2D eigenvalue weighted by atomic mass is 10.1. The zero-order valence-corrected chi connectivity index (χ0v) is 15.3. The number of nitrogens with two attached hydrogens (primary N) is 1. The number of hydrazine groups is 1. The summed E-state index contributed by atoms with van der Waals surface area (Å²) in [6.45, 7) is 0.288. The van der Waals surface area contributed by atoms with Crippen LogP contribution in [0.5, 0.6) is 0 Å². The van der Waals surface area contributed by atoms with Crippen molar-refractivity contribution in [3.63, 3.8) is 0 Å². The largest absolute Gasteiger partial charge is 0.464 e. The van der Waals surface area contributed by atoms with Crippen molar-refractivity contribution < 1.29 is 23.1 Å². The molecule has 2 amide bonds. The molecule has 1 fully saturated rings. The van der Waals surface area contributed by atoms with Crippen molar-refractivity contribution in [2.75, 3.05) is 17.7 Å². The van der Waals surface area contributed by atoms with Crippen LogP contribution in [0.4, 0.5) is 10.6 Å². The van der Waals surface area contributed by atoms with Crippen molar-refractivity contribution in [1.82, 2.24) is 9.99 Å². The Labute approximate surface area is 155 Å². The Bertz CT molecular complexity index is 991. The molecule has 2 aromatic rings. The molecule has 1 aromatic carbocycles. The molecule has 0 radical (unpaired) electrons. The fraction of sp³-hybridized carbons (Fsp3) is 0.235. The number of hydrogen-bond acceptors (Lipinski definition) is 6. The summed E-state index contributed by atoms with van der Waals surface area (Å²) >= 11 is 0. The number of anilines is 1. The lowest BCUT2D eigenvalue weighted by Gasteiger charge is -2.20. The van der Waals surface area contributed by atoms with Gasteiger partial charge in [-0.2, -0.15) is 0 Å². The van der Waals surface area contributed by atoms with E-state index in [1.54, 1.807) is 30.3 Å². The van der Waals surface area contributed by atoms with Gasteiger partial charge >= 0.3 is 6.09 Å². The van der Waals surface area contributed by atoms with Crippen molar-refractivity contribution in [2.45, 2.75) is 17.4 Å². The molecule has 142 valence electrons. The maximum Gasteiger partial charge on any atom is 0.422 e. The van der Waals surface area contributed by atoms with E-state index >= 15 is 0 Å². The van der Waals surface area contributed by atoms with Crippen LogP contribution in [0.2, 0.25) is 0 Å². The second kappa shape index (κ2) is 6.97. The third-order valence-electron chi connectivity index (χ3n) is 4.36. The number of carbonyl (C=O) groups excluding carboxylic acids is 1. The summed E-state index contributed by atoms with van der Waals surface area (Å²) in [4.78, 5) is 29.2. The highest BCUT2D eigenvalue weighted by Crippen LogP contribution is 2.29. The average molecular weight is 390 g/mol. The van der Waals surface area contributed by atoms with Gasteiger partial charge in [0.15, 0.2) is 9.84 Å². The smallest absolute Gasteiger partial charge is 0.422 e. The number of aromatic nitrogens is 1. The predicted octanol–water partition coefficient (Wildman–Crippen LogP) is 1.11. The van der Waals surface area contributed by atoms with Crippen LogP contribution in [0.3, 0.4) is 0 Å². The van der Waals surface area contributed by atoms with Crippen molar-refractivity contribution in [3.8, 4) is 11.1 Å². The minimum Gasteiger partial charge on any atom is -0.464 e. The number of benzene rings is 1. The molecule has 1 unspecified atom stereocenters. The molecule has 27 heavy (non-hydrogen) atoms. The topological polar surface area (TPSA) is 134 Å². The summed E-state index contributed by atoms with van der Waals surface area (Å²) < 4.78 is 23.9. The number of pyridine rings is 1. The van der Waals surface area contributed by atoms with E-state index in [4.69, 9.17) is 10.9 Å². The fourth-order valence-corrected chi connectivity index (χ4v) is 3.93. The van der Waals surface area contributed by atoms with Crippen molar-refractivity contribution in [3.05, 3.63) is 42.6 Å². The van der Waals surface area contributed by atoms with E-state index in [2.05, 4.69) is 4.98 Å². The Hall–Kier alpha value is -2.98. The molecule has 9 nitrogen and oxygen atoms in total.